The van der Waals surface area contributed by atoms with Crippen molar-refractivity contribution in [3.8, 4) is 10.8 Å². The molecule has 0 amide bonds. The van der Waals surface area contributed by atoms with Crippen molar-refractivity contribution in [1.29, 1.82) is 0 Å². The lowest BCUT2D eigenvalue weighted by atomic mass is 10.2. The first-order valence-electron chi connectivity index (χ1n) is 6.28. The van der Waals surface area contributed by atoms with E-state index in [1.54, 1.807) is 6.26 Å². The van der Waals surface area contributed by atoms with Crippen LogP contribution in [0, 0.1) is 0 Å². The molecule has 0 bridgehead atoms. The zero-order chi connectivity index (χ0) is 14.7. The van der Waals surface area contributed by atoms with Crippen LogP contribution in [-0.4, -0.2) is 9.19 Å². The molecule has 3 aromatic rings. The summed E-state index contributed by atoms with van der Waals surface area (Å²) in [6.45, 7) is 0. The first-order chi connectivity index (χ1) is 10.2. The molecule has 0 N–H and O–H groups in total. The van der Waals surface area contributed by atoms with Gasteiger partial charge in [0.25, 0.3) is 0 Å². The predicted molar refractivity (Wildman–Crippen MR) is 86.8 cm³/mol. The Balaban J connectivity index is 1.65. The highest BCUT2D eigenvalue weighted by atomic mass is 35.5. The van der Waals surface area contributed by atoms with E-state index >= 15 is 0 Å². The maximum atomic E-state index is 12.2. The number of halogens is 1. The quantitative estimate of drug-likeness (QED) is 0.688. The Hall–Kier alpha value is -1.43. The normalized spacial score (nSPS) is 12.4. The van der Waals surface area contributed by atoms with Gasteiger partial charge in [0.05, 0.1) is 17.7 Å². The Morgan fingerprint density at radius 3 is 2.90 bits per heavy atom. The van der Waals surface area contributed by atoms with Gasteiger partial charge in [0.2, 0.25) is 0 Å². The number of furan rings is 1. The highest BCUT2D eigenvalue weighted by Gasteiger charge is 2.10. The van der Waals surface area contributed by atoms with Crippen LogP contribution < -0.4 is 0 Å². The molecule has 3 nitrogen and oxygen atoms in total. The minimum Gasteiger partial charge on any atom is -0.462 e. The average molecular weight is 338 g/mol. The van der Waals surface area contributed by atoms with Gasteiger partial charge in [0.1, 0.15) is 0 Å². The van der Waals surface area contributed by atoms with E-state index in [0.717, 1.165) is 22.0 Å². The van der Waals surface area contributed by atoms with Crippen molar-refractivity contribution in [2.75, 3.05) is 0 Å². The summed E-state index contributed by atoms with van der Waals surface area (Å²) in [5.41, 5.74) is 1.80. The lowest BCUT2D eigenvalue weighted by Crippen LogP contribution is -1.99. The van der Waals surface area contributed by atoms with Crippen molar-refractivity contribution >= 4 is 33.7 Å². The van der Waals surface area contributed by atoms with Crippen molar-refractivity contribution in [2.45, 2.75) is 11.5 Å². The second-order valence-corrected chi connectivity index (χ2v) is 7.23. The van der Waals surface area contributed by atoms with Gasteiger partial charge in [0, 0.05) is 27.0 Å². The molecule has 0 spiro atoms. The van der Waals surface area contributed by atoms with Gasteiger partial charge in [0.15, 0.2) is 10.8 Å². The summed E-state index contributed by atoms with van der Waals surface area (Å²) in [4.78, 5) is 4.46. The molecule has 6 heteroatoms. The van der Waals surface area contributed by atoms with E-state index in [2.05, 4.69) is 4.98 Å². The van der Waals surface area contributed by atoms with Gasteiger partial charge in [-0.15, -0.1) is 11.3 Å². The number of thiazole rings is 1. The molecule has 108 valence electrons. The van der Waals surface area contributed by atoms with Crippen molar-refractivity contribution in [3.63, 3.8) is 0 Å². The van der Waals surface area contributed by atoms with E-state index < -0.39 is 10.8 Å². The summed E-state index contributed by atoms with van der Waals surface area (Å²) < 4.78 is 17.5. The van der Waals surface area contributed by atoms with Gasteiger partial charge >= 0.3 is 0 Å². The minimum absolute atomic E-state index is 0.434. The third-order valence-corrected chi connectivity index (χ3v) is 5.22. The highest BCUT2D eigenvalue weighted by molar-refractivity contribution is 7.83. The second kappa shape index (κ2) is 6.56. The molecule has 2 heterocycles. The molecule has 1 aromatic carbocycles. The molecule has 1 atom stereocenters. The fourth-order valence-electron chi connectivity index (χ4n) is 1.92. The van der Waals surface area contributed by atoms with Crippen LogP contribution in [0.1, 0.15) is 11.3 Å². The Morgan fingerprint density at radius 1 is 1.24 bits per heavy atom. The van der Waals surface area contributed by atoms with E-state index in [4.69, 9.17) is 16.0 Å². The van der Waals surface area contributed by atoms with Crippen LogP contribution in [0.3, 0.4) is 0 Å². The summed E-state index contributed by atoms with van der Waals surface area (Å²) in [6.07, 6.45) is 1.62. The van der Waals surface area contributed by atoms with E-state index in [-0.39, 0.29) is 0 Å². The maximum absolute atomic E-state index is 12.2. The van der Waals surface area contributed by atoms with E-state index in [1.807, 2.05) is 41.8 Å². The van der Waals surface area contributed by atoms with Crippen molar-refractivity contribution in [1.82, 2.24) is 4.98 Å². The standard InChI is InChI=1S/C15H12ClNO2S2/c16-12-4-1-3-11(7-12)9-21(18)10-13-8-20-15(17-13)14-5-2-6-19-14/h1-8H,9-10H2/t21-/m0/s1. The molecule has 0 fully saturated rings. The Morgan fingerprint density at radius 2 is 2.14 bits per heavy atom. The van der Waals surface area contributed by atoms with Crippen LogP contribution in [0.25, 0.3) is 10.8 Å². The lowest BCUT2D eigenvalue weighted by Gasteiger charge is -2.01. The molecule has 0 saturated carbocycles. The smallest absolute Gasteiger partial charge is 0.162 e. The molecule has 0 aliphatic rings. The second-order valence-electron chi connectivity index (χ2n) is 4.48. The van der Waals surface area contributed by atoms with Gasteiger partial charge in [-0.2, -0.15) is 0 Å². The van der Waals surface area contributed by atoms with Crippen molar-refractivity contribution in [2.24, 2.45) is 0 Å². The SMILES string of the molecule is O=[S@@](Cc1cccc(Cl)c1)Cc1csc(-c2ccco2)n1. The molecular formula is C15H12ClNO2S2. The largest absolute Gasteiger partial charge is 0.462 e. The topological polar surface area (TPSA) is 43.1 Å². The summed E-state index contributed by atoms with van der Waals surface area (Å²) in [6, 6.07) is 11.1. The van der Waals surface area contributed by atoms with E-state index in [9.17, 15) is 4.21 Å². The van der Waals surface area contributed by atoms with E-state index in [1.165, 1.54) is 11.3 Å². The monoisotopic (exact) mass is 337 g/mol. The van der Waals surface area contributed by atoms with Crippen molar-refractivity contribution in [3.05, 3.63) is 64.3 Å². The van der Waals surface area contributed by atoms with Crippen molar-refractivity contribution < 1.29 is 8.63 Å². The lowest BCUT2D eigenvalue weighted by molar-refractivity contribution is 0.581. The predicted octanol–water partition coefficient (Wildman–Crippen LogP) is 4.51. The van der Waals surface area contributed by atoms with Crippen LogP contribution >= 0.6 is 22.9 Å². The molecule has 0 saturated heterocycles. The molecule has 0 radical (unpaired) electrons. The molecule has 2 aromatic heterocycles. The minimum atomic E-state index is -1.01. The molecule has 21 heavy (non-hydrogen) atoms. The van der Waals surface area contributed by atoms with Gasteiger partial charge in [-0.1, -0.05) is 23.7 Å². The average Bonchev–Trinajstić information content (AvgIpc) is 3.08. The molecular weight excluding hydrogens is 326 g/mol. The Bertz CT molecular complexity index is 753. The first-order valence-corrected chi connectivity index (χ1v) is 9.03. The first kappa shape index (κ1) is 14.5. The van der Waals surface area contributed by atoms with Crippen LogP contribution in [0.15, 0.2) is 52.5 Å². The number of benzene rings is 1. The summed E-state index contributed by atoms with van der Waals surface area (Å²) >= 11 is 7.43. The number of aromatic nitrogens is 1. The molecule has 0 unspecified atom stereocenters. The number of hydrogen-bond acceptors (Lipinski definition) is 4. The summed E-state index contributed by atoms with van der Waals surface area (Å²) in [5.74, 6) is 1.66. The molecule has 0 aliphatic heterocycles. The number of rotatable bonds is 5. The van der Waals surface area contributed by atoms with Gasteiger partial charge in [-0.25, -0.2) is 4.98 Å². The zero-order valence-corrected chi connectivity index (χ0v) is 13.4. The Kier molecular flexibility index (Phi) is 4.53. The maximum Gasteiger partial charge on any atom is 0.162 e. The van der Waals surface area contributed by atoms with Crippen LogP contribution in [0.4, 0.5) is 0 Å². The third-order valence-electron chi connectivity index (χ3n) is 2.81. The zero-order valence-electron chi connectivity index (χ0n) is 11.0. The Labute approximate surface area is 134 Å². The molecule has 0 aliphatic carbocycles. The number of hydrogen-bond donors (Lipinski definition) is 0. The van der Waals surface area contributed by atoms with Crippen LogP contribution in [0.2, 0.25) is 5.02 Å². The van der Waals surface area contributed by atoms with Crippen LogP contribution in [-0.2, 0) is 22.3 Å². The number of nitrogens with zero attached hydrogens (tertiary/aromatic N) is 1. The van der Waals surface area contributed by atoms with Gasteiger partial charge in [-0.3, -0.25) is 4.21 Å². The fraction of sp³-hybridized carbons (Fsp3) is 0.133. The van der Waals surface area contributed by atoms with Gasteiger partial charge < -0.3 is 4.42 Å². The summed E-state index contributed by atoms with van der Waals surface area (Å²) in [5, 5.41) is 3.40. The highest BCUT2D eigenvalue weighted by Crippen LogP contribution is 2.24. The van der Waals surface area contributed by atoms with E-state index in [0.29, 0.717) is 16.5 Å². The molecule has 3 rings (SSSR count). The van der Waals surface area contributed by atoms with Gasteiger partial charge in [-0.05, 0) is 29.8 Å². The summed E-state index contributed by atoms with van der Waals surface area (Å²) in [7, 11) is -1.01. The third kappa shape index (κ3) is 3.81. The van der Waals surface area contributed by atoms with Crippen LogP contribution in [0.5, 0.6) is 0 Å². The fourth-order valence-corrected chi connectivity index (χ4v) is 4.15.